The number of halogens is 1. The predicted octanol–water partition coefficient (Wildman–Crippen LogP) is 2.62. The van der Waals surface area contributed by atoms with E-state index in [4.69, 9.17) is 5.11 Å². The van der Waals surface area contributed by atoms with Crippen LogP contribution in [0.5, 0.6) is 0 Å². The Kier molecular flexibility index (Phi) is 3.38. The van der Waals surface area contributed by atoms with Gasteiger partial charge in [0.2, 0.25) is 0 Å². The zero-order valence-corrected chi connectivity index (χ0v) is 11.4. The fourth-order valence-corrected chi connectivity index (χ4v) is 2.05. The Morgan fingerprint density at radius 2 is 1.83 bits per heavy atom. The number of carbonyl (C=O) groups is 1. The van der Waals surface area contributed by atoms with Crippen LogP contribution in [0.1, 0.15) is 21.7 Å². The van der Waals surface area contributed by atoms with E-state index in [1.165, 1.54) is 0 Å². The molecule has 2 rings (SSSR count). The molecule has 0 unspecified atom stereocenters. The van der Waals surface area contributed by atoms with Gasteiger partial charge in [-0.25, -0.2) is 14.8 Å². The van der Waals surface area contributed by atoms with Crippen molar-refractivity contribution in [1.82, 2.24) is 15.0 Å². The number of carboxylic acids is 1. The summed E-state index contributed by atoms with van der Waals surface area (Å²) >= 11 is 3.32. The summed E-state index contributed by atoms with van der Waals surface area (Å²) in [6, 6.07) is 1.83. The maximum absolute atomic E-state index is 11.0. The maximum Gasteiger partial charge on any atom is 0.339 e. The molecule has 0 spiro atoms. The van der Waals surface area contributed by atoms with E-state index in [2.05, 4.69) is 30.9 Å². The first-order valence-corrected chi connectivity index (χ1v) is 5.98. The summed E-state index contributed by atoms with van der Waals surface area (Å²) < 4.78 is 0.821. The first-order chi connectivity index (χ1) is 8.49. The topological polar surface area (TPSA) is 76.0 Å². The molecule has 0 saturated heterocycles. The van der Waals surface area contributed by atoms with Crippen LogP contribution >= 0.6 is 15.9 Å². The number of pyridine rings is 1. The van der Waals surface area contributed by atoms with Crippen LogP contribution in [0.15, 0.2) is 22.9 Å². The summed E-state index contributed by atoms with van der Waals surface area (Å²) in [5.41, 5.74) is 1.80. The van der Waals surface area contributed by atoms with E-state index < -0.39 is 5.97 Å². The molecule has 0 radical (unpaired) electrons. The lowest BCUT2D eigenvalue weighted by Gasteiger charge is -2.07. The van der Waals surface area contributed by atoms with Crippen LogP contribution in [0.4, 0.5) is 0 Å². The van der Waals surface area contributed by atoms with Crippen LogP contribution in [0.2, 0.25) is 0 Å². The van der Waals surface area contributed by atoms with Crippen LogP contribution in [0.25, 0.3) is 11.4 Å². The summed E-state index contributed by atoms with van der Waals surface area (Å²) in [5.74, 6) is -0.535. The second-order valence-corrected chi connectivity index (χ2v) is 4.71. The fourth-order valence-electron chi connectivity index (χ4n) is 1.69. The minimum absolute atomic E-state index is 0.154. The van der Waals surface area contributed by atoms with Crippen molar-refractivity contribution in [3.8, 4) is 11.4 Å². The van der Waals surface area contributed by atoms with Crippen molar-refractivity contribution >= 4 is 21.9 Å². The first kappa shape index (κ1) is 12.6. The number of nitrogens with zero attached hydrogens (tertiary/aromatic N) is 3. The third-order valence-corrected chi connectivity index (χ3v) is 2.88. The van der Waals surface area contributed by atoms with E-state index in [-0.39, 0.29) is 5.56 Å². The second kappa shape index (κ2) is 4.81. The zero-order valence-electron chi connectivity index (χ0n) is 9.81. The van der Waals surface area contributed by atoms with Gasteiger partial charge in [-0.2, -0.15) is 0 Å². The quantitative estimate of drug-likeness (QED) is 0.923. The van der Waals surface area contributed by atoms with E-state index in [0.29, 0.717) is 17.2 Å². The van der Waals surface area contributed by atoms with Gasteiger partial charge in [-0.3, -0.25) is 4.98 Å². The third kappa shape index (κ3) is 2.38. The highest BCUT2D eigenvalue weighted by molar-refractivity contribution is 9.10. The Hall–Kier alpha value is -1.82. The van der Waals surface area contributed by atoms with Crippen LogP contribution in [-0.2, 0) is 0 Å². The fraction of sp³-hybridized carbons (Fsp3) is 0.167. The standard InChI is InChI=1S/C12H10BrN3O2/c1-6-10(12(17)18)7(2)16-11(15-6)8-3-9(13)5-14-4-8/h3-5H,1-2H3,(H,17,18). The molecule has 0 saturated carbocycles. The number of aromatic nitrogens is 3. The number of hydrogen-bond donors (Lipinski definition) is 1. The number of carboxylic acid groups (broad SMARTS) is 1. The molecule has 2 heterocycles. The summed E-state index contributed by atoms with van der Waals surface area (Å²) in [7, 11) is 0. The van der Waals surface area contributed by atoms with Gasteiger partial charge in [0, 0.05) is 22.4 Å². The number of aryl methyl sites for hydroxylation is 2. The molecule has 1 N–H and O–H groups in total. The lowest BCUT2D eigenvalue weighted by Crippen LogP contribution is -2.08. The molecule has 6 heteroatoms. The van der Waals surface area contributed by atoms with E-state index in [0.717, 1.165) is 10.0 Å². The average Bonchev–Trinajstić information content (AvgIpc) is 2.27. The lowest BCUT2D eigenvalue weighted by atomic mass is 10.1. The maximum atomic E-state index is 11.0. The molecule has 0 bridgehead atoms. The molecule has 0 amide bonds. The van der Waals surface area contributed by atoms with Crippen molar-refractivity contribution < 1.29 is 9.90 Å². The van der Waals surface area contributed by atoms with Gasteiger partial charge in [-0.15, -0.1) is 0 Å². The first-order valence-electron chi connectivity index (χ1n) is 5.18. The second-order valence-electron chi connectivity index (χ2n) is 3.79. The molecule has 0 fully saturated rings. The van der Waals surface area contributed by atoms with Gasteiger partial charge in [-0.05, 0) is 35.8 Å². The summed E-state index contributed by atoms with van der Waals surface area (Å²) in [5, 5.41) is 9.05. The van der Waals surface area contributed by atoms with E-state index in [9.17, 15) is 4.79 Å². The molecule has 2 aromatic heterocycles. The minimum atomic E-state index is -1.01. The smallest absolute Gasteiger partial charge is 0.339 e. The van der Waals surface area contributed by atoms with Crippen LogP contribution in [-0.4, -0.2) is 26.0 Å². The molecule has 92 valence electrons. The van der Waals surface area contributed by atoms with Crippen LogP contribution in [0.3, 0.4) is 0 Å². The van der Waals surface area contributed by atoms with Gasteiger partial charge in [0.05, 0.1) is 11.4 Å². The molecule has 0 aliphatic rings. The van der Waals surface area contributed by atoms with E-state index in [1.807, 2.05) is 6.07 Å². The Morgan fingerprint density at radius 1 is 1.22 bits per heavy atom. The number of hydrogen-bond acceptors (Lipinski definition) is 4. The predicted molar refractivity (Wildman–Crippen MR) is 69.4 cm³/mol. The number of rotatable bonds is 2. The molecule has 18 heavy (non-hydrogen) atoms. The van der Waals surface area contributed by atoms with Crippen LogP contribution < -0.4 is 0 Å². The third-order valence-electron chi connectivity index (χ3n) is 2.45. The van der Waals surface area contributed by atoms with Crippen molar-refractivity contribution in [1.29, 1.82) is 0 Å². The van der Waals surface area contributed by atoms with Gasteiger partial charge in [0.25, 0.3) is 0 Å². The van der Waals surface area contributed by atoms with Gasteiger partial charge in [0.15, 0.2) is 5.82 Å². The van der Waals surface area contributed by atoms with Crippen molar-refractivity contribution in [2.75, 3.05) is 0 Å². The molecule has 0 atom stereocenters. The Morgan fingerprint density at radius 3 is 2.33 bits per heavy atom. The van der Waals surface area contributed by atoms with Gasteiger partial charge < -0.3 is 5.11 Å². The largest absolute Gasteiger partial charge is 0.478 e. The van der Waals surface area contributed by atoms with Crippen molar-refractivity contribution in [2.24, 2.45) is 0 Å². The van der Waals surface area contributed by atoms with Crippen molar-refractivity contribution in [3.63, 3.8) is 0 Å². The normalized spacial score (nSPS) is 10.4. The van der Waals surface area contributed by atoms with Gasteiger partial charge in [-0.1, -0.05) is 0 Å². The highest BCUT2D eigenvalue weighted by atomic mass is 79.9. The average molecular weight is 308 g/mol. The Balaban J connectivity index is 2.58. The summed E-state index contributed by atoms with van der Waals surface area (Å²) in [6.45, 7) is 3.32. The molecular weight excluding hydrogens is 298 g/mol. The molecule has 2 aromatic rings. The molecular formula is C12H10BrN3O2. The summed E-state index contributed by atoms with van der Waals surface area (Å²) in [4.78, 5) is 23.5. The van der Waals surface area contributed by atoms with Gasteiger partial charge >= 0.3 is 5.97 Å². The minimum Gasteiger partial charge on any atom is -0.478 e. The van der Waals surface area contributed by atoms with E-state index in [1.54, 1.807) is 26.2 Å². The molecule has 5 nitrogen and oxygen atoms in total. The lowest BCUT2D eigenvalue weighted by molar-refractivity contribution is 0.0694. The SMILES string of the molecule is Cc1nc(-c2cncc(Br)c2)nc(C)c1C(=O)O. The van der Waals surface area contributed by atoms with E-state index >= 15 is 0 Å². The monoisotopic (exact) mass is 307 g/mol. The number of aromatic carboxylic acids is 1. The Bertz CT molecular complexity index is 605. The molecule has 0 aliphatic heterocycles. The molecule has 0 aliphatic carbocycles. The highest BCUT2D eigenvalue weighted by Crippen LogP contribution is 2.20. The van der Waals surface area contributed by atoms with Crippen molar-refractivity contribution in [3.05, 3.63) is 39.9 Å². The van der Waals surface area contributed by atoms with Crippen LogP contribution in [0, 0.1) is 13.8 Å². The summed E-state index contributed by atoms with van der Waals surface area (Å²) in [6.07, 6.45) is 3.30. The Labute approximate surface area is 112 Å². The zero-order chi connectivity index (χ0) is 13.3. The molecule has 0 aromatic carbocycles. The van der Waals surface area contributed by atoms with Gasteiger partial charge in [0.1, 0.15) is 5.56 Å². The highest BCUT2D eigenvalue weighted by Gasteiger charge is 2.15. The van der Waals surface area contributed by atoms with Crippen molar-refractivity contribution in [2.45, 2.75) is 13.8 Å².